The van der Waals surface area contributed by atoms with Gasteiger partial charge in [0.25, 0.3) is 0 Å². The van der Waals surface area contributed by atoms with Crippen LogP contribution in [0.25, 0.3) is 0 Å². The molecule has 0 fully saturated rings. The summed E-state index contributed by atoms with van der Waals surface area (Å²) in [5.41, 5.74) is 1.92. The Morgan fingerprint density at radius 3 is 2.08 bits per heavy atom. The minimum atomic E-state index is -3.56. The van der Waals surface area contributed by atoms with Crippen LogP contribution in [0.2, 0.25) is 0 Å². The van der Waals surface area contributed by atoms with E-state index in [4.69, 9.17) is 9.47 Å². The van der Waals surface area contributed by atoms with E-state index in [9.17, 15) is 8.42 Å². The topological polar surface area (TPSA) is 64.6 Å². The predicted octanol–water partition coefficient (Wildman–Crippen LogP) is 3.38. The van der Waals surface area contributed by atoms with Gasteiger partial charge in [0.2, 0.25) is 10.0 Å². The summed E-state index contributed by atoms with van der Waals surface area (Å²) in [6.07, 6.45) is 0.930. The first-order chi connectivity index (χ1) is 11.9. The van der Waals surface area contributed by atoms with Gasteiger partial charge >= 0.3 is 0 Å². The fourth-order valence-electron chi connectivity index (χ4n) is 2.53. The highest BCUT2D eigenvalue weighted by molar-refractivity contribution is 7.89. The Hall–Kier alpha value is -2.05. The molecule has 136 valence electrons. The molecule has 0 aliphatic carbocycles. The Bertz CT molecular complexity index is 799. The monoisotopic (exact) mass is 363 g/mol. The Balaban J connectivity index is 2.08. The molecule has 0 amide bonds. The first-order valence-electron chi connectivity index (χ1n) is 8.15. The minimum absolute atomic E-state index is 0.177. The molecule has 0 aromatic heterocycles. The average Bonchev–Trinajstić information content (AvgIpc) is 2.59. The molecule has 0 aliphatic heterocycles. The van der Waals surface area contributed by atoms with Crippen LogP contribution >= 0.6 is 0 Å². The van der Waals surface area contributed by atoms with Crippen molar-refractivity contribution in [1.29, 1.82) is 0 Å². The maximum absolute atomic E-state index is 12.4. The molecule has 6 heteroatoms. The molecule has 0 saturated carbocycles. The van der Waals surface area contributed by atoms with Gasteiger partial charge in [-0.05, 0) is 47.7 Å². The third-order valence-corrected chi connectivity index (χ3v) is 5.21. The molecule has 0 atom stereocenters. The molecule has 0 bridgehead atoms. The van der Waals surface area contributed by atoms with Crippen LogP contribution in [0.15, 0.2) is 47.4 Å². The molecule has 0 aliphatic rings. The summed E-state index contributed by atoms with van der Waals surface area (Å²) in [6, 6.07) is 12.3. The molecular weight excluding hydrogens is 338 g/mol. The molecule has 0 heterocycles. The third-order valence-electron chi connectivity index (χ3n) is 3.79. The van der Waals surface area contributed by atoms with Crippen molar-refractivity contribution in [3.63, 3.8) is 0 Å². The summed E-state index contributed by atoms with van der Waals surface area (Å²) in [7, 11) is -0.456. The van der Waals surface area contributed by atoms with Crippen LogP contribution in [0.5, 0.6) is 11.5 Å². The number of ether oxygens (including phenoxy) is 2. The molecule has 0 radical (unpaired) electrons. The van der Waals surface area contributed by atoms with Crippen LogP contribution in [-0.4, -0.2) is 22.6 Å². The lowest BCUT2D eigenvalue weighted by Gasteiger charge is -2.11. The molecule has 25 heavy (non-hydrogen) atoms. The molecule has 2 aromatic carbocycles. The van der Waals surface area contributed by atoms with E-state index in [0.717, 1.165) is 17.5 Å². The first kappa shape index (κ1) is 19.3. The normalized spacial score (nSPS) is 11.6. The van der Waals surface area contributed by atoms with Crippen molar-refractivity contribution in [2.24, 2.45) is 5.92 Å². The lowest BCUT2D eigenvalue weighted by atomic mass is 10.0. The van der Waals surface area contributed by atoms with Crippen molar-refractivity contribution in [2.75, 3.05) is 14.2 Å². The van der Waals surface area contributed by atoms with Crippen LogP contribution in [-0.2, 0) is 23.0 Å². The Morgan fingerprint density at radius 2 is 1.52 bits per heavy atom. The lowest BCUT2D eigenvalue weighted by molar-refractivity contribution is 0.354. The Morgan fingerprint density at radius 1 is 0.920 bits per heavy atom. The molecule has 0 spiro atoms. The molecule has 0 saturated heterocycles. The number of sulfonamides is 1. The van der Waals surface area contributed by atoms with E-state index in [1.807, 2.05) is 12.1 Å². The van der Waals surface area contributed by atoms with Crippen molar-refractivity contribution in [2.45, 2.75) is 31.7 Å². The summed E-state index contributed by atoms with van der Waals surface area (Å²) in [5, 5.41) is 0. The van der Waals surface area contributed by atoms with Gasteiger partial charge in [0.15, 0.2) is 11.5 Å². The summed E-state index contributed by atoms with van der Waals surface area (Å²) in [5.74, 6) is 1.71. The summed E-state index contributed by atoms with van der Waals surface area (Å²) < 4.78 is 37.9. The number of rotatable bonds is 8. The van der Waals surface area contributed by atoms with E-state index in [-0.39, 0.29) is 11.4 Å². The van der Waals surface area contributed by atoms with Crippen molar-refractivity contribution in [3.8, 4) is 11.5 Å². The standard InChI is InChI=1S/C19H25NO4S/c1-14(2)11-15-5-8-17(9-6-15)25(21,22)20-13-16-7-10-18(23-3)19(12-16)24-4/h5-10,12,14,20H,11,13H2,1-4H3. The predicted molar refractivity (Wildman–Crippen MR) is 98.6 cm³/mol. The average molecular weight is 363 g/mol. The van der Waals surface area contributed by atoms with Gasteiger partial charge in [-0.25, -0.2) is 13.1 Å². The van der Waals surface area contributed by atoms with Gasteiger partial charge in [0.05, 0.1) is 19.1 Å². The van der Waals surface area contributed by atoms with Gasteiger partial charge in [0, 0.05) is 6.54 Å². The van der Waals surface area contributed by atoms with E-state index in [0.29, 0.717) is 17.4 Å². The highest BCUT2D eigenvalue weighted by Crippen LogP contribution is 2.27. The van der Waals surface area contributed by atoms with Crippen LogP contribution in [0.3, 0.4) is 0 Å². The van der Waals surface area contributed by atoms with E-state index in [1.54, 1.807) is 44.6 Å². The van der Waals surface area contributed by atoms with Gasteiger partial charge in [0.1, 0.15) is 0 Å². The van der Waals surface area contributed by atoms with Crippen molar-refractivity contribution >= 4 is 10.0 Å². The molecule has 2 rings (SSSR count). The summed E-state index contributed by atoms with van der Waals surface area (Å²) in [4.78, 5) is 0.264. The summed E-state index contributed by atoms with van der Waals surface area (Å²) in [6.45, 7) is 4.45. The quantitative estimate of drug-likeness (QED) is 0.781. The van der Waals surface area contributed by atoms with Gasteiger partial charge in [-0.3, -0.25) is 0 Å². The summed E-state index contributed by atoms with van der Waals surface area (Å²) >= 11 is 0. The molecule has 2 aromatic rings. The number of hydrogen-bond donors (Lipinski definition) is 1. The van der Waals surface area contributed by atoms with Crippen LogP contribution in [0, 0.1) is 5.92 Å². The molecular formula is C19H25NO4S. The largest absolute Gasteiger partial charge is 0.493 e. The van der Waals surface area contributed by atoms with Gasteiger partial charge < -0.3 is 9.47 Å². The molecule has 5 nitrogen and oxygen atoms in total. The molecule has 0 unspecified atom stereocenters. The van der Waals surface area contributed by atoms with Gasteiger partial charge in [-0.1, -0.05) is 32.0 Å². The second-order valence-corrected chi connectivity index (χ2v) is 8.02. The number of hydrogen-bond acceptors (Lipinski definition) is 4. The minimum Gasteiger partial charge on any atom is -0.493 e. The third kappa shape index (κ3) is 5.21. The Labute approximate surface area is 150 Å². The van der Waals surface area contributed by atoms with E-state index in [1.165, 1.54) is 0 Å². The second kappa shape index (κ2) is 8.36. The lowest BCUT2D eigenvalue weighted by Crippen LogP contribution is -2.23. The first-order valence-corrected chi connectivity index (χ1v) is 9.63. The number of methoxy groups -OCH3 is 2. The SMILES string of the molecule is COc1ccc(CNS(=O)(=O)c2ccc(CC(C)C)cc2)cc1OC. The highest BCUT2D eigenvalue weighted by atomic mass is 32.2. The fourth-order valence-corrected chi connectivity index (χ4v) is 3.55. The van der Waals surface area contributed by atoms with Crippen molar-refractivity contribution in [3.05, 3.63) is 53.6 Å². The number of nitrogens with one attached hydrogen (secondary N) is 1. The second-order valence-electron chi connectivity index (χ2n) is 6.26. The maximum Gasteiger partial charge on any atom is 0.240 e. The van der Waals surface area contributed by atoms with Crippen LogP contribution in [0.4, 0.5) is 0 Å². The zero-order chi connectivity index (χ0) is 18.4. The maximum atomic E-state index is 12.4. The van der Waals surface area contributed by atoms with Crippen LogP contribution in [0.1, 0.15) is 25.0 Å². The van der Waals surface area contributed by atoms with E-state index >= 15 is 0 Å². The van der Waals surface area contributed by atoms with Gasteiger partial charge in [-0.2, -0.15) is 0 Å². The van der Waals surface area contributed by atoms with Crippen molar-refractivity contribution < 1.29 is 17.9 Å². The van der Waals surface area contributed by atoms with E-state index < -0.39 is 10.0 Å². The molecule has 1 N–H and O–H groups in total. The smallest absolute Gasteiger partial charge is 0.240 e. The van der Waals surface area contributed by atoms with Crippen molar-refractivity contribution in [1.82, 2.24) is 4.72 Å². The van der Waals surface area contributed by atoms with E-state index in [2.05, 4.69) is 18.6 Å². The zero-order valence-electron chi connectivity index (χ0n) is 15.1. The highest BCUT2D eigenvalue weighted by Gasteiger charge is 2.14. The fraction of sp³-hybridized carbons (Fsp3) is 0.368. The number of benzene rings is 2. The van der Waals surface area contributed by atoms with Gasteiger partial charge in [-0.15, -0.1) is 0 Å². The Kier molecular flexibility index (Phi) is 6.45. The van der Waals surface area contributed by atoms with Crippen LogP contribution < -0.4 is 14.2 Å². The zero-order valence-corrected chi connectivity index (χ0v) is 15.9.